The van der Waals surface area contributed by atoms with Crippen LogP contribution in [0.2, 0.25) is 0 Å². The van der Waals surface area contributed by atoms with Crippen LogP contribution in [0.5, 0.6) is 11.5 Å². The first-order valence-corrected chi connectivity index (χ1v) is 10.8. The minimum atomic E-state index is -3.12. The number of nitrogens with zero attached hydrogens (tertiary/aromatic N) is 1. The van der Waals surface area contributed by atoms with Gasteiger partial charge in [-0.3, -0.25) is 4.79 Å². The molecule has 1 aromatic carbocycles. The number of ether oxygens (including phenoxy) is 2. The fraction of sp³-hybridized carbons (Fsp3) is 0.611. The molecule has 0 saturated carbocycles. The Bertz CT molecular complexity index is 712. The van der Waals surface area contributed by atoms with Gasteiger partial charge in [-0.05, 0) is 50.8 Å². The molecule has 146 valence electrons. The molecule has 0 bridgehead atoms. The number of piperidine rings is 1. The molecular weight excluding hydrogens is 356 g/mol. The largest absolute Gasteiger partial charge is 0.490 e. The van der Waals surface area contributed by atoms with Crippen LogP contribution in [0.25, 0.3) is 0 Å². The van der Waals surface area contributed by atoms with Crippen LogP contribution >= 0.6 is 0 Å². The molecule has 0 aliphatic carbocycles. The minimum absolute atomic E-state index is 0.167. The van der Waals surface area contributed by atoms with Crippen LogP contribution in [0, 0.1) is 5.92 Å². The summed E-state index contributed by atoms with van der Waals surface area (Å²) >= 11 is 0. The summed E-state index contributed by atoms with van der Waals surface area (Å²) in [5.74, 6) is 1.30. The maximum absolute atomic E-state index is 12.4. The summed E-state index contributed by atoms with van der Waals surface area (Å²) in [4.78, 5) is 12.4. The molecule has 0 spiro atoms. The Balaban J connectivity index is 1.91. The van der Waals surface area contributed by atoms with Gasteiger partial charge in [0, 0.05) is 25.2 Å². The molecule has 2 rings (SSSR count). The second-order valence-corrected chi connectivity index (χ2v) is 8.33. The van der Waals surface area contributed by atoms with Crippen LogP contribution in [0.15, 0.2) is 18.2 Å². The van der Waals surface area contributed by atoms with Crippen molar-refractivity contribution in [3.8, 4) is 11.5 Å². The van der Waals surface area contributed by atoms with Crippen LogP contribution in [-0.2, 0) is 10.0 Å². The van der Waals surface area contributed by atoms with Crippen LogP contribution in [0.1, 0.15) is 37.0 Å². The van der Waals surface area contributed by atoms with E-state index in [1.807, 2.05) is 13.8 Å². The summed E-state index contributed by atoms with van der Waals surface area (Å²) in [5, 5.41) is 2.94. The quantitative estimate of drug-likeness (QED) is 0.740. The molecule has 0 radical (unpaired) electrons. The Morgan fingerprint density at radius 3 is 2.35 bits per heavy atom. The number of rotatable bonds is 8. The minimum Gasteiger partial charge on any atom is -0.490 e. The summed E-state index contributed by atoms with van der Waals surface area (Å²) < 4.78 is 35.6. The molecular formula is C18H28N2O5S. The lowest BCUT2D eigenvalue weighted by molar-refractivity contribution is 0.0941. The Labute approximate surface area is 155 Å². The maximum Gasteiger partial charge on any atom is 0.251 e. The molecule has 1 aliphatic rings. The van der Waals surface area contributed by atoms with Gasteiger partial charge in [0.25, 0.3) is 5.91 Å². The van der Waals surface area contributed by atoms with Crippen molar-refractivity contribution in [2.75, 3.05) is 39.1 Å². The molecule has 26 heavy (non-hydrogen) atoms. The lowest BCUT2D eigenvalue weighted by atomic mass is 9.98. The first-order chi connectivity index (χ1) is 12.3. The summed E-state index contributed by atoms with van der Waals surface area (Å²) in [6.07, 6.45) is 2.73. The van der Waals surface area contributed by atoms with Crippen molar-refractivity contribution in [1.82, 2.24) is 9.62 Å². The molecule has 0 aromatic heterocycles. The average Bonchev–Trinajstić information content (AvgIpc) is 2.61. The highest BCUT2D eigenvalue weighted by atomic mass is 32.2. The number of amides is 1. The van der Waals surface area contributed by atoms with Crippen LogP contribution in [-0.4, -0.2) is 57.7 Å². The maximum atomic E-state index is 12.4. The number of hydrogen-bond acceptors (Lipinski definition) is 5. The standard InChI is InChI=1S/C18H28N2O5S/c1-4-24-16-7-6-15(12-17(16)25-5-2)18(21)19-13-14-8-10-20(11-9-14)26(3,22)23/h6-7,12,14H,4-5,8-11,13H2,1-3H3,(H,19,21). The fourth-order valence-electron chi connectivity index (χ4n) is 2.98. The Morgan fingerprint density at radius 2 is 1.77 bits per heavy atom. The summed E-state index contributed by atoms with van der Waals surface area (Å²) in [6, 6.07) is 5.15. The van der Waals surface area contributed by atoms with E-state index in [2.05, 4.69) is 5.32 Å². The Hall–Kier alpha value is -1.80. The van der Waals surface area contributed by atoms with Gasteiger partial charge in [-0.1, -0.05) is 0 Å². The zero-order chi connectivity index (χ0) is 19.2. The summed E-state index contributed by atoms with van der Waals surface area (Å²) in [5.41, 5.74) is 0.519. The number of carbonyl (C=O) groups is 1. The second kappa shape index (κ2) is 9.23. The molecule has 1 saturated heterocycles. The topological polar surface area (TPSA) is 84.9 Å². The average molecular weight is 384 g/mol. The van der Waals surface area contributed by atoms with Crippen molar-refractivity contribution in [2.24, 2.45) is 5.92 Å². The second-order valence-electron chi connectivity index (χ2n) is 6.34. The predicted molar refractivity (Wildman–Crippen MR) is 100 cm³/mol. The highest BCUT2D eigenvalue weighted by Crippen LogP contribution is 2.28. The predicted octanol–water partition coefficient (Wildman–Crippen LogP) is 1.89. The van der Waals surface area contributed by atoms with Crippen molar-refractivity contribution < 1.29 is 22.7 Å². The van der Waals surface area contributed by atoms with Crippen LogP contribution in [0.3, 0.4) is 0 Å². The Kier molecular flexibility index (Phi) is 7.28. The summed E-state index contributed by atoms with van der Waals surface area (Å²) in [7, 11) is -3.12. The van der Waals surface area contributed by atoms with Gasteiger partial charge in [-0.15, -0.1) is 0 Å². The molecule has 1 N–H and O–H groups in total. The van der Waals surface area contributed by atoms with Crippen molar-refractivity contribution in [3.63, 3.8) is 0 Å². The van der Waals surface area contributed by atoms with E-state index < -0.39 is 10.0 Å². The number of benzene rings is 1. The highest BCUT2D eigenvalue weighted by molar-refractivity contribution is 7.88. The van der Waals surface area contributed by atoms with Crippen molar-refractivity contribution in [2.45, 2.75) is 26.7 Å². The monoisotopic (exact) mass is 384 g/mol. The first-order valence-electron chi connectivity index (χ1n) is 8.98. The van der Waals surface area contributed by atoms with E-state index in [-0.39, 0.29) is 11.8 Å². The van der Waals surface area contributed by atoms with E-state index >= 15 is 0 Å². The van der Waals surface area contributed by atoms with Gasteiger partial charge < -0.3 is 14.8 Å². The third-order valence-corrected chi connectivity index (χ3v) is 5.70. The van der Waals surface area contributed by atoms with Crippen molar-refractivity contribution in [3.05, 3.63) is 23.8 Å². The summed E-state index contributed by atoms with van der Waals surface area (Å²) in [6.45, 7) is 6.35. The van der Waals surface area contributed by atoms with E-state index in [1.165, 1.54) is 10.6 Å². The molecule has 8 heteroatoms. The number of hydrogen-bond donors (Lipinski definition) is 1. The smallest absolute Gasteiger partial charge is 0.251 e. The molecule has 0 atom stereocenters. The lowest BCUT2D eigenvalue weighted by Gasteiger charge is -2.30. The first kappa shape index (κ1) is 20.5. The van der Waals surface area contributed by atoms with Crippen molar-refractivity contribution in [1.29, 1.82) is 0 Å². The molecule has 1 fully saturated rings. The van der Waals surface area contributed by atoms with E-state index in [9.17, 15) is 13.2 Å². The highest BCUT2D eigenvalue weighted by Gasteiger charge is 2.25. The zero-order valence-electron chi connectivity index (χ0n) is 15.7. The van der Waals surface area contributed by atoms with E-state index in [4.69, 9.17) is 9.47 Å². The fourth-order valence-corrected chi connectivity index (χ4v) is 3.85. The molecule has 1 aromatic rings. The van der Waals surface area contributed by atoms with E-state index in [0.717, 1.165) is 12.8 Å². The van der Waals surface area contributed by atoms with Gasteiger partial charge in [-0.2, -0.15) is 0 Å². The third-order valence-electron chi connectivity index (χ3n) is 4.40. The van der Waals surface area contributed by atoms with Crippen LogP contribution in [0.4, 0.5) is 0 Å². The van der Waals surface area contributed by atoms with Gasteiger partial charge in [0.2, 0.25) is 10.0 Å². The van der Waals surface area contributed by atoms with Gasteiger partial charge in [0.15, 0.2) is 11.5 Å². The van der Waals surface area contributed by atoms with Gasteiger partial charge in [-0.25, -0.2) is 12.7 Å². The van der Waals surface area contributed by atoms with Gasteiger partial charge in [0.05, 0.1) is 19.5 Å². The van der Waals surface area contributed by atoms with Crippen molar-refractivity contribution >= 4 is 15.9 Å². The number of sulfonamides is 1. The normalized spacial score (nSPS) is 16.3. The molecule has 0 unspecified atom stereocenters. The van der Waals surface area contributed by atoms with E-state index in [1.54, 1.807) is 18.2 Å². The third kappa shape index (κ3) is 5.60. The lowest BCUT2D eigenvalue weighted by Crippen LogP contribution is -2.41. The molecule has 1 amide bonds. The van der Waals surface area contributed by atoms with Crippen LogP contribution < -0.4 is 14.8 Å². The van der Waals surface area contributed by atoms with E-state index in [0.29, 0.717) is 49.9 Å². The molecule has 1 aliphatic heterocycles. The zero-order valence-corrected chi connectivity index (χ0v) is 16.5. The SMILES string of the molecule is CCOc1ccc(C(=O)NCC2CCN(S(C)(=O)=O)CC2)cc1OCC. The van der Waals surface area contributed by atoms with Gasteiger partial charge >= 0.3 is 0 Å². The number of nitrogens with one attached hydrogen (secondary N) is 1. The van der Waals surface area contributed by atoms with Gasteiger partial charge in [0.1, 0.15) is 0 Å². The molecule has 1 heterocycles. The molecule has 7 nitrogen and oxygen atoms in total. The Morgan fingerprint density at radius 1 is 1.15 bits per heavy atom. The number of carbonyl (C=O) groups excluding carboxylic acids is 1.